The van der Waals surface area contributed by atoms with Gasteiger partial charge in [-0.05, 0) is 39.8 Å². The van der Waals surface area contributed by atoms with E-state index in [9.17, 15) is 4.79 Å². The van der Waals surface area contributed by atoms with E-state index in [2.05, 4.69) is 18.3 Å². The van der Waals surface area contributed by atoms with E-state index < -0.39 is 0 Å². The first-order valence-electron chi connectivity index (χ1n) is 6.22. The van der Waals surface area contributed by atoms with Crippen LogP contribution in [0.2, 0.25) is 0 Å². The molecule has 98 valence electrons. The standard InChI is InChI=1S/C14H20N2OS/c1-10-9-18-12-8-6-5-7-11(12)16(10)13(17)15-14(2,3)4/h5-8,10H,9H2,1-4H3,(H,15,17). The Kier molecular flexibility index (Phi) is 3.57. The van der Waals surface area contributed by atoms with Crippen molar-refractivity contribution in [2.75, 3.05) is 10.7 Å². The van der Waals surface area contributed by atoms with Crippen LogP contribution < -0.4 is 10.2 Å². The van der Waals surface area contributed by atoms with Crippen LogP contribution in [0.3, 0.4) is 0 Å². The molecule has 0 aliphatic carbocycles. The van der Waals surface area contributed by atoms with Crippen LogP contribution >= 0.6 is 11.8 Å². The first kappa shape index (κ1) is 13.3. The summed E-state index contributed by atoms with van der Waals surface area (Å²) in [6.45, 7) is 8.09. The number of anilines is 1. The molecule has 4 heteroatoms. The SMILES string of the molecule is CC1CSc2ccccc2N1C(=O)NC(C)(C)C. The molecule has 1 aliphatic rings. The van der Waals surface area contributed by atoms with Gasteiger partial charge < -0.3 is 5.32 Å². The second-order valence-corrected chi connectivity index (χ2v) is 6.74. The average molecular weight is 264 g/mol. The quantitative estimate of drug-likeness (QED) is 0.778. The number of fused-ring (bicyclic) bond motifs is 1. The Bertz CT molecular complexity index is 453. The van der Waals surface area contributed by atoms with Gasteiger partial charge in [-0.25, -0.2) is 4.79 Å². The lowest BCUT2D eigenvalue weighted by molar-refractivity contribution is 0.236. The number of benzene rings is 1. The van der Waals surface area contributed by atoms with E-state index >= 15 is 0 Å². The molecule has 0 saturated carbocycles. The number of urea groups is 1. The number of carbonyl (C=O) groups excluding carboxylic acids is 1. The maximum atomic E-state index is 12.4. The number of nitrogens with one attached hydrogen (secondary N) is 1. The fourth-order valence-corrected chi connectivity index (χ4v) is 3.05. The van der Waals surface area contributed by atoms with Crippen molar-refractivity contribution in [1.82, 2.24) is 5.32 Å². The number of amides is 2. The molecule has 1 unspecified atom stereocenters. The minimum absolute atomic E-state index is 0.0113. The third-order valence-electron chi connectivity index (χ3n) is 2.75. The predicted octanol–water partition coefficient (Wildman–Crippen LogP) is 3.50. The third kappa shape index (κ3) is 2.80. The minimum atomic E-state index is -0.212. The van der Waals surface area contributed by atoms with Gasteiger partial charge in [0.25, 0.3) is 0 Å². The smallest absolute Gasteiger partial charge is 0.322 e. The van der Waals surface area contributed by atoms with Crippen LogP contribution in [-0.4, -0.2) is 23.4 Å². The fourth-order valence-electron chi connectivity index (χ4n) is 1.99. The first-order valence-corrected chi connectivity index (χ1v) is 7.20. The normalized spacial score (nSPS) is 19.3. The molecule has 1 atom stereocenters. The maximum absolute atomic E-state index is 12.4. The summed E-state index contributed by atoms with van der Waals surface area (Å²) in [6.07, 6.45) is 0. The highest BCUT2D eigenvalue weighted by Crippen LogP contribution is 2.37. The molecule has 0 aromatic heterocycles. The molecule has 0 fully saturated rings. The van der Waals surface area contributed by atoms with Gasteiger partial charge in [-0.3, -0.25) is 4.90 Å². The average Bonchev–Trinajstić information content (AvgIpc) is 2.26. The van der Waals surface area contributed by atoms with Crippen LogP contribution in [0, 0.1) is 0 Å². The van der Waals surface area contributed by atoms with Crippen molar-refractivity contribution in [2.24, 2.45) is 0 Å². The Hall–Kier alpha value is -1.16. The molecule has 0 bridgehead atoms. The van der Waals surface area contributed by atoms with Gasteiger partial charge in [0.2, 0.25) is 0 Å². The zero-order chi connectivity index (χ0) is 13.3. The molecular weight excluding hydrogens is 244 g/mol. The molecule has 0 saturated heterocycles. The highest BCUT2D eigenvalue weighted by atomic mass is 32.2. The summed E-state index contributed by atoms with van der Waals surface area (Å²) in [7, 11) is 0. The predicted molar refractivity (Wildman–Crippen MR) is 77.4 cm³/mol. The Morgan fingerprint density at radius 2 is 2.06 bits per heavy atom. The van der Waals surface area contributed by atoms with Gasteiger partial charge in [-0.1, -0.05) is 12.1 Å². The molecule has 3 nitrogen and oxygen atoms in total. The Labute approximate surface area is 113 Å². The monoisotopic (exact) mass is 264 g/mol. The highest BCUT2D eigenvalue weighted by Gasteiger charge is 2.30. The lowest BCUT2D eigenvalue weighted by atomic mass is 10.1. The molecule has 1 aromatic carbocycles. The van der Waals surface area contributed by atoms with Crippen molar-refractivity contribution in [3.05, 3.63) is 24.3 Å². The van der Waals surface area contributed by atoms with E-state index in [4.69, 9.17) is 0 Å². The van der Waals surface area contributed by atoms with Crippen LogP contribution in [0.5, 0.6) is 0 Å². The maximum Gasteiger partial charge on any atom is 0.322 e. The summed E-state index contributed by atoms with van der Waals surface area (Å²) < 4.78 is 0. The van der Waals surface area contributed by atoms with E-state index in [1.165, 1.54) is 4.90 Å². The van der Waals surface area contributed by atoms with Crippen molar-refractivity contribution in [3.8, 4) is 0 Å². The Morgan fingerprint density at radius 1 is 1.39 bits per heavy atom. The van der Waals surface area contributed by atoms with Crippen molar-refractivity contribution in [3.63, 3.8) is 0 Å². The first-order chi connectivity index (χ1) is 8.38. The largest absolute Gasteiger partial charge is 0.333 e. The Balaban J connectivity index is 2.29. The van der Waals surface area contributed by atoms with Crippen molar-refractivity contribution in [2.45, 2.75) is 44.2 Å². The summed E-state index contributed by atoms with van der Waals surface area (Å²) in [5.74, 6) is 0.939. The number of para-hydroxylation sites is 1. The molecule has 1 aliphatic heterocycles. The van der Waals surface area contributed by atoms with Crippen LogP contribution in [0.1, 0.15) is 27.7 Å². The number of hydrogen-bond acceptors (Lipinski definition) is 2. The summed E-state index contributed by atoms with van der Waals surface area (Å²) in [6, 6.07) is 8.29. The minimum Gasteiger partial charge on any atom is -0.333 e. The number of nitrogens with zero attached hydrogens (tertiary/aromatic N) is 1. The van der Waals surface area contributed by atoms with Gasteiger partial charge in [0.1, 0.15) is 0 Å². The van der Waals surface area contributed by atoms with Crippen LogP contribution in [-0.2, 0) is 0 Å². The summed E-state index contributed by atoms with van der Waals surface area (Å²) in [4.78, 5) is 15.4. The van der Waals surface area contributed by atoms with Gasteiger partial charge in [0, 0.05) is 22.2 Å². The van der Waals surface area contributed by atoms with Gasteiger partial charge in [0.05, 0.1) is 5.69 Å². The third-order valence-corrected chi connectivity index (χ3v) is 4.05. The molecule has 0 spiro atoms. The van der Waals surface area contributed by atoms with E-state index in [0.717, 1.165) is 11.4 Å². The van der Waals surface area contributed by atoms with Crippen LogP contribution in [0.4, 0.5) is 10.5 Å². The lowest BCUT2D eigenvalue weighted by Gasteiger charge is -2.36. The van der Waals surface area contributed by atoms with Gasteiger partial charge in [-0.15, -0.1) is 11.8 Å². The molecule has 2 amide bonds. The second kappa shape index (κ2) is 4.84. The van der Waals surface area contributed by atoms with Crippen LogP contribution in [0.25, 0.3) is 0 Å². The second-order valence-electron chi connectivity index (χ2n) is 5.68. The van der Waals surface area contributed by atoms with Crippen molar-refractivity contribution >= 4 is 23.5 Å². The van der Waals surface area contributed by atoms with Crippen LogP contribution in [0.15, 0.2) is 29.2 Å². The summed E-state index contributed by atoms with van der Waals surface area (Å²) >= 11 is 1.81. The number of hydrogen-bond donors (Lipinski definition) is 1. The molecule has 2 rings (SSSR count). The van der Waals surface area contributed by atoms with Gasteiger partial charge in [0.15, 0.2) is 0 Å². The fraction of sp³-hybridized carbons (Fsp3) is 0.500. The van der Waals surface area contributed by atoms with E-state index in [1.54, 1.807) is 0 Å². The lowest BCUT2D eigenvalue weighted by Crippen LogP contribution is -2.53. The number of rotatable bonds is 0. The van der Waals surface area contributed by atoms with Crippen molar-refractivity contribution in [1.29, 1.82) is 0 Å². The highest BCUT2D eigenvalue weighted by molar-refractivity contribution is 7.99. The molecular formula is C14H20N2OS. The topological polar surface area (TPSA) is 32.3 Å². The number of thioether (sulfide) groups is 1. The molecule has 1 N–H and O–H groups in total. The molecule has 1 aromatic rings. The zero-order valence-corrected chi connectivity index (χ0v) is 12.2. The molecule has 18 heavy (non-hydrogen) atoms. The number of carbonyl (C=O) groups is 1. The zero-order valence-electron chi connectivity index (χ0n) is 11.4. The molecule has 1 heterocycles. The van der Waals surface area contributed by atoms with Gasteiger partial charge >= 0.3 is 6.03 Å². The summed E-state index contributed by atoms with van der Waals surface area (Å²) in [5.41, 5.74) is 0.805. The van der Waals surface area contributed by atoms with E-state index in [-0.39, 0.29) is 17.6 Å². The van der Waals surface area contributed by atoms with E-state index in [1.807, 2.05) is 55.6 Å². The van der Waals surface area contributed by atoms with Gasteiger partial charge in [-0.2, -0.15) is 0 Å². The van der Waals surface area contributed by atoms with E-state index in [0.29, 0.717) is 0 Å². The Morgan fingerprint density at radius 3 is 2.72 bits per heavy atom. The summed E-state index contributed by atoms with van der Waals surface area (Å²) in [5, 5.41) is 3.04. The molecule has 0 radical (unpaired) electrons. The van der Waals surface area contributed by atoms with Crippen molar-refractivity contribution < 1.29 is 4.79 Å².